The van der Waals surface area contributed by atoms with Gasteiger partial charge in [-0.15, -0.1) is 0 Å². The molecule has 0 bridgehead atoms. The van der Waals surface area contributed by atoms with Crippen molar-refractivity contribution < 1.29 is 0 Å². The zero-order chi connectivity index (χ0) is 10.7. The Balaban J connectivity index is 2.28. The molecule has 0 saturated carbocycles. The molecule has 0 N–H and O–H groups in total. The summed E-state index contributed by atoms with van der Waals surface area (Å²) in [5, 5.41) is 8.12. The molecular formula is C12H12N2S. The summed E-state index contributed by atoms with van der Waals surface area (Å²) < 4.78 is 0. The van der Waals surface area contributed by atoms with Crippen LogP contribution in [0.2, 0.25) is 0 Å². The predicted molar refractivity (Wildman–Crippen MR) is 62.1 cm³/mol. The van der Waals surface area contributed by atoms with Gasteiger partial charge in [-0.2, -0.15) is 10.2 Å². The van der Waals surface area contributed by atoms with Crippen molar-refractivity contribution in [1.82, 2.24) is 10.2 Å². The van der Waals surface area contributed by atoms with E-state index in [2.05, 4.69) is 28.4 Å². The lowest BCUT2D eigenvalue weighted by Gasteiger charge is -2.04. The second-order valence-corrected chi connectivity index (χ2v) is 4.47. The van der Waals surface area contributed by atoms with E-state index in [0.29, 0.717) is 0 Å². The predicted octanol–water partition coefficient (Wildman–Crippen LogP) is 3.24. The number of aromatic nitrogens is 2. The third kappa shape index (κ3) is 2.57. The molecule has 0 aliphatic carbocycles. The number of benzene rings is 1. The molecule has 0 atom stereocenters. The summed E-state index contributed by atoms with van der Waals surface area (Å²) in [6.45, 7) is 3.94. The van der Waals surface area contributed by atoms with Crippen molar-refractivity contribution in [3.63, 3.8) is 0 Å². The second-order valence-electron chi connectivity index (χ2n) is 3.35. The Kier molecular flexibility index (Phi) is 3.02. The van der Waals surface area contributed by atoms with Crippen LogP contribution in [0.3, 0.4) is 0 Å². The molecule has 0 aliphatic heterocycles. The lowest BCUT2D eigenvalue weighted by molar-refractivity contribution is 0.903. The normalized spacial score (nSPS) is 10.3. The number of rotatable bonds is 2. The van der Waals surface area contributed by atoms with Crippen LogP contribution in [0.5, 0.6) is 0 Å². The summed E-state index contributed by atoms with van der Waals surface area (Å²) in [4.78, 5) is 2.40. The molecular weight excluding hydrogens is 204 g/mol. The van der Waals surface area contributed by atoms with E-state index in [1.807, 2.05) is 32.0 Å². The van der Waals surface area contributed by atoms with Gasteiger partial charge in [0.1, 0.15) is 0 Å². The maximum atomic E-state index is 4.10. The minimum Gasteiger partial charge on any atom is -0.156 e. The van der Waals surface area contributed by atoms with Crippen molar-refractivity contribution >= 4 is 11.8 Å². The van der Waals surface area contributed by atoms with Crippen LogP contribution in [-0.2, 0) is 0 Å². The third-order valence-corrected chi connectivity index (χ3v) is 3.17. The number of hydrogen-bond acceptors (Lipinski definition) is 3. The number of hydrogen-bond donors (Lipinski definition) is 0. The molecule has 0 aliphatic rings. The van der Waals surface area contributed by atoms with Crippen LogP contribution in [0, 0.1) is 13.8 Å². The first-order chi connectivity index (χ1) is 7.25. The monoisotopic (exact) mass is 216 g/mol. The molecule has 0 saturated heterocycles. The molecule has 2 rings (SSSR count). The van der Waals surface area contributed by atoms with Crippen molar-refractivity contribution in [3.8, 4) is 0 Å². The molecule has 0 radical (unpaired) electrons. The Morgan fingerprint density at radius 2 is 1.73 bits per heavy atom. The van der Waals surface area contributed by atoms with Crippen LogP contribution in [0.1, 0.15) is 11.4 Å². The van der Waals surface area contributed by atoms with Crippen LogP contribution < -0.4 is 0 Å². The quantitative estimate of drug-likeness (QED) is 0.770. The summed E-state index contributed by atoms with van der Waals surface area (Å²) >= 11 is 1.73. The molecule has 2 aromatic rings. The van der Waals surface area contributed by atoms with Crippen molar-refractivity contribution in [2.75, 3.05) is 0 Å². The molecule has 76 valence electrons. The molecule has 0 unspecified atom stereocenters. The van der Waals surface area contributed by atoms with Crippen LogP contribution in [-0.4, -0.2) is 10.2 Å². The summed E-state index contributed by atoms with van der Waals surface area (Å²) in [7, 11) is 0. The van der Waals surface area contributed by atoms with Gasteiger partial charge in [-0.05, 0) is 32.0 Å². The minimum atomic E-state index is 0.957. The van der Waals surface area contributed by atoms with Crippen LogP contribution >= 0.6 is 11.8 Å². The molecule has 0 fully saturated rings. The Bertz CT molecular complexity index is 454. The smallest absolute Gasteiger partial charge is 0.0739 e. The van der Waals surface area contributed by atoms with Crippen LogP contribution in [0.15, 0.2) is 46.2 Å². The van der Waals surface area contributed by atoms with Crippen LogP contribution in [0.25, 0.3) is 0 Å². The lowest BCUT2D eigenvalue weighted by atomic mass is 10.4. The first kappa shape index (κ1) is 10.2. The van der Waals surface area contributed by atoms with E-state index in [1.54, 1.807) is 11.8 Å². The zero-order valence-electron chi connectivity index (χ0n) is 8.77. The standard InChI is InChI=1S/C12H12N2S/c1-9-8-12(10(2)14-13-9)15-11-6-4-3-5-7-11/h3-8H,1-2H3. The van der Waals surface area contributed by atoms with Crippen molar-refractivity contribution in [2.45, 2.75) is 23.6 Å². The first-order valence-corrected chi connectivity index (χ1v) is 5.61. The zero-order valence-corrected chi connectivity index (χ0v) is 9.58. The van der Waals surface area contributed by atoms with Gasteiger partial charge in [-0.25, -0.2) is 0 Å². The number of nitrogens with zero attached hydrogens (tertiary/aromatic N) is 2. The van der Waals surface area contributed by atoms with E-state index in [4.69, 9.17) is 0 Å². The topological polar surface area (TPSA) is 25.8 Å². The third-order valence-electron chi connectivity index (χ3n) is 2.03. The van der Waals surface area contributed by atoms with E-state index in [-0.39, 0.29) is 0 Å². The van der Waals surface area contributed by atoms with Gasteiger partial charge in [0.2, 0.25) is 0 Å². The highest BCUT2D eigenvalue weighted by Gasteiger charge is 2.02. The average molecular weight is 216 g/mol. The molecule has 15 heavy (non-hydrogen) atoms. The summed E-state index contributed by atoms with van der Waals surface area (Å²) in [5.74, 6) is 0. The Labute approximate surface area is 93.7 Å². The molecule has 1 heterocycles. The fourth-order valence-electron chi connectivity index (χ4n) is 1.24. The SMILES string of the molecule is Cc1cc(Sc2ccccc2)c(C)nn1. The van der Waals surface area contributed by atoms with Gasteiger partial charge in [-0.1, -0.05) is 30.0 Å². The highest BCUT2D eigenvalue weighted by molar-refractivity contribution is 7.99. The van der Waals surface area contributed by atoms with E-state index in [9.17, 15) is 0 Å². The Morgan fingerprint density at radius 1 is 1.00 bits per heavy atom. The van der Waals surface area contributed by atoms with E-state index in [0.717, 1.165) is 11.4 Å². The lowest BCUT2D eigenvalue weighted by Crippen LogP contribution is -1.92. The Morgan fingerprint density at radius 3 is 2.47 bits per heavy atom. The van der Waals surface area contributed by atoms with Gasteiger partial charge >= 0.3 is 0 Å². The van der Waals surface area contributed by atoms with Crippen LogP contribution in [0.4, 0.5) is 0 Å². The van der Waals surface area contributed by atoms with Crippen molar-refractivity contribution in [1.29, 1.82) is 0 Å². The fraction of sp³-hybridized carbons (Fsp3) is 0.167. The van der Waals surface area contributed by atoms with E-state index >= 15 is 0 Å². The van der Waals surface area contributed by atoms with Gasteiger partial charge in [0.25, 0.3) is 0 Å². The second kappa shape index (κ2) is 4.45. The number of aryl methyl sites for hydroxylation is 2. The molecule has 1 aromatic carbocycles. The summed E-state index contributed by atoms with van der Waals surface area (Å²) in [6.07, 6.45) is 0. The molecule has 0 amide bonds. The highest BCUT2D eigenvalue weighted by Crippen LogP contribution is 2.28. The Hall–Kier alpha value is -1.35. The maximum absolute atomic E-state index is 4.10. The molecule has 3 heteroatoms. The molecule has 0 spiro atoms. The maximum Gasteiger partial charge on any atom is 0.0739 e. The minimum absolute atomic E-state index is 0.957. The summed E-state index contributed by atoms with van der Waals surface area (Å²) in [6, 6.07) is 12.4. The van der Waals surface area contributed by atoms with Gasteiger partial charge in [0, 0.05) is 9.79 Å². The first-order valence-electron chi connectivity index (χ1n) is 4.79. The largest absolute Gasteiger partial charge is 0.156 e. The van der Waals surface area contributed by atoms with E-state index < -0.39 is 0 Å². The van der Waals surface area contributed by atoms with Gasteiger partial charge in [0.05, 0.1) is 11.4 Å². The van der Waals surface area contributed by atoms with Gasteiger partial charge in [0.15, 0.2) is 0 Å². The fourth-order valence-corrected chi connectivity index (χ4v) is 2.21. The van der Waals surface area contributed by atoms with Gasteiger partial charge in [-0.3, -0.25) is 0 Å². The van der Waals surface area contributed by atoms with E-state index in [1.165, 1.54) is 9.79 Å². The van der Waals surface area contributed by atoms with Crippen molar-refractivity contribution in [3.05, 3.63) is 47.8 Å². The average Bonchev–Trinajstić information content (AvgIpc) is 2.25. The molecule has 1 aromatic heterocycles. The highest BCUT2D eigenvalue weighted by atomic mass is 32.2. The summed E-state index contributed by atoms with van der Waals surface area (Å²) in [5.41, 5.74) is 1.94. The van der Waals surface area contributed by atoms with Crippen molar-refractivity contribution in [2.24, 2.45) is 0 Å². The van der Waals surface area contributed by atoms with Gasteiger partial charge < -0.3 is 0 Å². The molecule has 2 nitrogen and oxygen atoms in total.